The third-order valence-electron chi connectivity index (χ3n) is 4.14. The maximum atomic E-state index is 12.3. The van der Waals surface area contributed by atoms with Crippen molar-refractivity contribution in [2.45, 2.75) is 26.2 Å². The van der Waals surface area contributed by atoms with Crippen LogP contribution < -0.4 is 10.6 Å². The number of anilines is 1. The molecule has 2 N–H and O–H groups in total. The lowest BCUT2D eigenvalue weighted by Crippen LogP contribution is -2.34. The molecule has 0 radical (unpaired) electrons. The minimum atomic E-state index is 0.0875. The molecule has 4 nitrogen and oxygen atoms in total. The number of aromatic nitrogens is 1. The number of benzene rings is 1. The minimum absolute atomic E-state index is 0.0875. The topological polar surface area (TPSA) is 54.0 Å². The van der Waals surface area contributed by atoms with Gasteiger partial charge in [0, 0.05) is 22.2 Å². The molecule has 0 spiro atoms. The Balaban J connectivity index is 1.68. The molecule has 1 amide bonds. The van der Waals surface area contributed by atoms with E-state index in [1.807, 2.05) is 31.2 Å². The summed E-state index contributed by atoms with van der Waals surface area (Å²) in [5, 5.41) is 7.71. The third kappa shape index (κ3) is 4.10. The molecule has 0 saturated carbocycles. The van der Waals surface area contributed by atoms with Gasteiger partial charge in [-0.2, -0.15) is 0 Å². The lowest BCUT2D eigenvalue weighted by Gasteiger charge is -2.21. The molecule has 1 aromatic heterocycles. The summed E-state index contributed by atoms with van der Waals surface area (Å²) in [5.74, 6) is 0.178. The Morgan fingerprint density at radius 3 is 2.87 bits per heavy atom. The van der Waals surface area contributed by atoms with Gasteiger partial charge in [-0.05, 0) is 44.5 Å². The molecular formula is C17H20ClN3OS. The van der Waals surface area contributed by atoms with E-state index >= 15 is 0 Å². The van der Waals surface area contributed by atoms with Gasteiger partial charge in [-0.1, -0.05) is 29.8 Å². The molecule has 2 aromatic rings. The number of halogens is 1. The van der Waals surface area contributed by atoms with Gasteiger partial charge in [-0.15, -0.1) is 11.3 Å². The molecule has 1 fully saturated rings. The van der Waals surface area contributed by atoms with Crippen LogP contribution >= 0.6 is 22.9 Å². The predicted molar refractivity (Wildman–Crippen MR) is 95.3 cm³/mol. The number of aryl methyl sites for hydroxylation is 1. The van der Waals surface area contributed by atoms with Gasteiger partial charge >= 0.3 is 0 Å². The van der Waals surface area contributed by atoms with Gasteiger partial charge in [0.1, 0.15) is 0 Å². The van der Waals surface area contributed by atoms with Crippen molar-refractivity contribution in [1.82, 2.24) is 10.3 Å². The van der Waals surface area contributed by atoms with E-state index in [1.54, 1.807) is 0 Å². The van der Waals surface area contributed by atoms with Crippen LogP contribution in [-0.2, 0) is 11.2 Å². The van der Waals surface area contributed by atoms with E-state index in [4.69, 9.17) is 11.6 Å². The third-order valence-corrected chi connectivity index (χ3v) is 5.58. The molecule has 23 heavy (non-hydrogen) atoms. The first-order valence-electron chi connectivity index (χ1n) is 7.85. The summed E-state index contributed by atoms with van der Waals surface area (Å²) in [6, 6.07) is 7.83. The van der Waals surface area contributed by atoms with Crippen LogP contribution in [0.15, 0.2) is 24.3 Å². The second-order valence-electron chi connectivity index (χ2n) is 5.81. The van der Waals surface area contributed by atoms with E-state index in [-0.39, 0.29) is 11.8 Å². The number of amides is 1. The van der Waals surface area contributed by atoms with Gasteiger partial charge in [0.05, 0.1) is 5.69 Å². The number of thiazole rings is 1. The molecular weight excluding hydrogens is 330 g/mol. The Bertz CT molecular complexity index is 695. The quantitative estimate of drug-likeness (QED) is 0.886. The summed E-state index contributed by atoms with van der Waals surface area (Å²) < 4.78 is 0. The monoisotopic (exact) mass is 349 g/mol. The average Bonchev–Trinajstić information content (AvgIpc) is 2.90. The number of hydrogen-bond donors (Lipinski definition) is 2. The first kappa shape index (κ1) is 16.4. The summed E-state index contributed by atoms with van der Waals surface area (Å²) in [7, 11) is 0. The molecule has 3 rings (SSSR count). The maximum Gasteiger partial charge on any atom is 0.229 e. The van der Waals surface area contributed by atoms with Crippen molar-refractivity contribution in [3.8, 4) is 0 Å². The second-order valence-corrected chi connectivity index (χ2v) is 7.30. The highest BCUT2D eigenvalue weighted by Gasteiger charge is 2.22. The Morgan fingerprint density at radius 1 is 1.39 bits per heavy atom. The highest BCUT2D eigenvalue weighted by Crippen LogP contribution is 2.28. The normalized spacial score (nSPS) is 15.6. The average molecular weight is 350 g/mol. The van der Waals surface area contributed by atoms with Crippen LogP contribution in [0.3, 0.4) is 0 Å². The van der Waals surface area contributed by atoms with Crippen molar-refractivity contribution in [1.29, 1.82) is 0 Å². The Labute approximate surface area is 145 Å². The Kier molecular flexibility index (Phi) is 5.30. The fourth-order valence-electron chi connectivity index (χ4n) is 2.75. The first-order chi connectivity index (χ1) is 11.1. The number of carbonyl (C=O) groups is 1. The van der Waals surface area contributed by atoms with E-state index in [0.717, 1.165) is 53.5 Å². The fraction of sp³-hybridized carbons (Fsp3) is 0.412. The molecule has 1 saturated heterocycles. The van der Waals surface area contributed by atoms with Crippen LogP contribution in [0.4, 0.5) is 5.13 Å². The van der Waals surface area contributed by atoms with Crippen molar-refractivity contribution in [3.05, 3.63) is 45.4 Å². The van der Waals surface area contributed by atoms with Crippen LogP contribution in [0.5, 0.6) is 0 Å². The molecule has 0 bridgehead atoms. The Morgan fingerprint density at radius 2 is 2.13 bits per heavy atom. The number of hydrogen-bond acceptors (Lipinski definition) is 4. The largest absolute Gasteiger partial charge is 0.317 e. The molecule has 0 unspecified atom stereocenters. The molecule has 0 aliphatic carbocycles. The number of nitrogens with one attached hydrogen (secondary N) is 2. The van der Waals surface area contributed by atoms with Crippen molar-refractivity contribution in [2.75, 3.05) is 18.4 Å². The molecule has 1 aliphatic rings. The SMILES string of the molecule is Cc1nc(NC(=O)C2CCNCC2)sc1Cc1ccccc1Cl. The van der Waals surface area contributed by atoms with Gasteiger partial charge in [0.15, 0.2) is 5.13 Å². The molecule has 2 heterocycles. The van der Waals surface area contributed by atoms with Crippen LogP contribution in [0.2, 0.25) is 5.02 Å². The zero-order valence-electron chi connectivity index (χ0n) is 13.1. The molecule has 0 atom stereocenters. The second kappa shape index (κ2) is 7.43. The smallest absolute Gasteiger partial charge is 0.229 e. The van der Waals surface area contributed by atoms with Gasteiger partial charge in [-0.3, -0.25) is 4.79 Å². The van der Waals surface area contributed by atoms with Gasteiger partial charge in [-0.25, -0.2) is 4.98 Å². The van der Waals surface area contributed by atoms with E-state index in [9.17, 15) is 4.79 Å². The minimum Gasteiger partial charge on any atom is -0.317 e. The van der Waals surface area contributed by atoms with Crippen molar-refractivity contribution >= 4 is 34.0 Å². The van der Waals surface area contributed by atoms with E-state index in [0.29, 0.717) is 5.13 Å². The first-order valence-corrected chi connectivity index (χ1v) is 9.04. The van der Waals surface area contributed by atoms with Gasteiger partial charge in [0.25, 0.3) is 0 Å². The zero-order chi connectivity index (χ0) is 16.2. The van der Waals surface area contributed by atoms with Gasteiger partial charge < -0.3 is 10.6 Å². The van der Waals surface area contributed by atoms with Crippen LogP contribution in [0.25, 0.3) is 0 Å². The van der Waals surface area contributed by atoms with E-state index < -0.39 is 0 Å². The fourth-order valence-corrected chi connectivity index (χ4v) is 3.94. The number of carbonyl (C=O) groups excluding carboxylic acids is 1. The Hall–Kier alpha value is -1.43. The van der Waals surface area contributed by atoms with E-state index in [2.05, 4.69) is 15.6 Å². The maximum absolute atomic E-state index is 12.3. The van der Waals surface area contributed by atoms with Crippen molar-refractivity contribution in [3.63, 3.8) is 0 Å². The zero-order valence-corrected chi connectivity index (χ0v) is 14.6. The molecule has 6 heteroatoms. The van der Waals surface area contributed by atoms with Crippen LogP contribution in [-0.4, -0.2) is 24.0 Å². The van der Waals surface area contributed by atoms with Crippen LogP contribution in [0.1, 0.15) is 29.0 Å². The lowest BCUT2D eigenvalue weighted by molar-refractivity contribution is -0.120. The molecule has 1 aliphatic heterocycles. The summed E-state index contributed by atoms with van der Waals surface area (Å²) in [5.41, 5.74) is 2.03. The highest BCUT2D eigenvalue weighted by molar-refractivity contribution is 7.15. The summed E-state index contributed by atoms with van der Waals surface area (Å²) in [4.78, 5) is 17.9. The standard InChI is InChI=1S/C17H20ClN3OS/c1-11-15(10-13-4-2-3-5-14(13)18)23-17(20-11)21-16(22)12-6-8-19-9-7-12/h2-5,12,19H,6-10H2,1H3,(H,20,21,22). The summed E-state index contributed by atoms with van der Waals surface area (Å²) >= 11 is 7.77. The van der Waals surface area contributed by atoms with Crippen molar-refractivity contribution in [2.24, 2.45) is 5.92 Å². The summed E-state index contributed by atoms with van der Waals surface area (Å²) in [6.45, 7) is 3.79. The van der Waals surface area contributed by atoms with Crippen molar-refractivity contribution < 1.29 is 4.79 Å². The highest BCUT2D eigenvalue weighted by atomic mass is 35.5. The molecule has 1 aromatic carbocycles. The number of nitrogens with zero attached hydrogens (tertiary/aromatic N) is 1. The van der Waals surface area contributed by atoms with Gasteiger partial charge in [0.2, 0.25) is 5.91 Å². The van der Waals surface area contributed by atoms with Crippen LogP contribution in [0, 0.1) is 12.8 Å². The molecule has 122 valence electrons. The van der Waals surface area contributed by atoms with E-state index in [1.165, 1.54) is 11.3 Å². The lowest BCUT2D eigenvalue weighted by atomic mass is 9.97. The number of piperidine rings is 1. The predicted octanol–water partition coefficient (Wildman–Crippen LogP) is 3.63. The summed E-state index contributed by atoms with van der Waals surface area (Å²) in [6.07, 6.45) is 2.53. The number of rotatable bonds is 4.